The maximum Gasteiger partial charge on any atom is 0.250 e. The molecule has 2 N–H and O–H groups in total. The quantitative estimate of drug-likeness (QED) is 0.686. The Hall–Kier alpha value is -2.71. The highest BCUT2D eigenvalue weighted by Gasteiger charge is 2.40. The number of hydrogen-bond donors (Lipinski definition) is 2. The number of amides is 2. The molecule has 0 aromatic heterocycles. The van der Waals surface area contributed by atoms with Crippen molar-refractivity contribution in [3.8, 4) is 0 Å². The summed E-state index contributed by atoms with van der Waals surface area (Å²) in [5.74, 6) is -0.501. The highest BCUT2D eigenvalue weighted by Crippen LogP contribution is 2.30. The van der Waals surface area contributed by atoms with Crippen LogP contribution in [0.4, 0.5) is 5.69 Å². The molecule has 2 aromatic carbocycles. The third-order valence-corrected chi connectivity index (χ3v) is 7.44. The minimum atomic E-state index is -3.67. The lowest BCUT2D eigenvalue weighted by molar-refractivity contribution is -0.130. The van der Waals surface area contributed by atoms with Gasteiger partial charge in [0.05, 0.1) is 4.90 Å². The van der Waals surface area contributed by atoms with Gasteiger partial charge in [-0.2, -0.15) is 4.31 Å². The second kappa shape index (κ2) is 9.62. The fourth-order valence-electron chi connectivity index (χ4n) is 3.97. The van der Waals surface area contributed by atoms with Crippen LogP contribution in [0.3, 0.4) is 0 Å². The summed E-state index contributed by atoms with van der Waals surface area (Å²) in [6.07, 6.45) is 3.97. The van der Waals surface area contributed by atoms with Crippen LogP contribution in [0, 0.1) is 0 Å². The molecule has 0 saturated heterocycles. The molecule has 2 amide bonds. The van der Waals surface area contributed by atoms with E-state index in [2.05, 4.69) is 10.6 Å². The molecule has 0 radical (unpaired) electrons. The van der Waals surface area contributed by atoms with Gasteiger partial charge in [-0.3, -0.25) is 9.59 Å². The van der Waals surface area contributed by atoms with E-state index in [0.29, 0.717) is 18.5 Å². The van der Waals surface area contributed by atoms with Gasteiger partial charge >= 0.3 is 0 Å². The molecular formula is C23H29N3O4S. The van der Waals surface area contributed by atoms with Gasteiger partial charge in [0, 0.05) is 26.2 Å². The van der Waals surface area contributed by atoms with Crippen LogP contribution in [0.1, 0.15) is 44.6 Å². The van der Waals surface area contributed by atoms with Gasteiger partial charge in [0.25, 0.3) is 0 Å². The Balaban J connectivity index is 1.71. The van der Waals surface area contributed by atoms with Gasteiger partial charge in [-0.25, -0.2) is 8.42 Å². The summed E-state index contributed by atoms with van der Waals surface area (Å²) in [6, 6.07) is 15.5. The fourth-order valence-corrected chi connectivity index (χ4v) is 5.13. The summed E-state index contributed by atoms with van der Waals surface area (Å²) in [5, 5.41) is 5.68. The predicted molar refractivity (Wildman–Crippen MR) is 120 cm³/mol. The Morgan fingerprint density at radius 3 is 2.16 bits per heavy atom. The van der Waals surface area contributed by atoms with Crippen LogP contribution < -0.4 is 10.6 Å². The molecule has 1 aliphatic carbocycles. The number of rotatable bonds is 7. The molecule has 0 atom stereocenters. The second-order valence-corrected chi connectivity index (χ2v) is 10.1. The molecule has 0 spiro atoms. The largest absolute Gasteiger partial charge is 0.342 e. The average Bonchev–Trinajstić information content (AvgIpc) is 2.75. The van der Waals surface area contributed by atoms with Crippen molar-refractivity contribution in [3.05, 3.63) is 60.2 Å². The maximum atomic E-state index is 13.0. The van der Waals surface area contributed by atoms with Crippen LogP contribution in [0.15, 0.2) is 59.5 Å². The van der Waals surface area contributed by atoms with Crippen LogP contribution in [0.25, 0.3) is 0 Å². The summed E-state index contributed by atoms with van der Waals surface area (Å²) >= 11 is 0. The molecule has 1 aliphatic rings. The van der Waals surface area contributed by atoms with E-state index in [0.717, 1.165) is 24.8 Å². The lowest BCUT2D eigenvalue weighted by Gasteiger charge is -2.36. The molecule has 8 heteroatoms. The molecule has 0 heterocycles. The summed E-state index contributed by atoms with van der Waals surface area (Å²) in [5.41, 5.74) is 0.475. The normalized spacial score (nSPS) is 16.0. The van der Waals surface area contributed by atoms with Crippen molar-refractivity contribution in [1.82, 2.24) is 9.62 Å². The zero-order chi connectivity index (χ0) is 22.5. The Morgan fingerprint density at radius 2 is 1.58 bits per heavy atom. The monoisotopic (exact) mass is 443 g/mol. The summed E-state index contributed by atoms with van der Waals surface area (Å²) in [6.45, 7) is 1.68. The zero-order valence-electron chi connectivity index (χ0n) is 17.9. The van der Waals surface area contributed by atoms with E-state index < -0.39 is 15.6 Å². The van der Waals surface area contributed by atoms with E-state index in [1.54, 1.807) is 12.1 Å². The average molecular weight is 444 g/mol. The second-order valence-electron chi connectivity index (χ2n) is 8.05. The third-order valence-electron chi connectivity index (χ3n) is 5.63. The number of anilines is 1. The first-order valence-corrected chi connectivity index (χ1v) is 11.9. The number of hydrogen-bond acceptors (Lipinski definition) is 4. The van der Waals surface area contributed by atoms with Gasteiger partial charge < -0.3 is 10.6 Å². The van der Waals surface area contributed by atoms with Gasteiger partial charge in [0.1, 0.15) is 5.54 Å². The standard InChI is InChI=1S/C23H29N3O4S/c1-18(27)25-23(15-7-4-8-16-23)22(28)24-20-11-13-21(14-12-20)31(29,30)26(2)17-19-9-5-3-6-10-19/h3,5-6,9-14H,4,7-8,15-17H2,1-2H3,(H,24,28)(H,25,27). The van der Waals surface area contributed by atoms with Gasteiger partial charge in [0.2, 0.25) is 21.8 Å². The molecule has 1 fully saturated rings. The Morgan fingerprint density at radius 1 is 0.968 bits per heavy atom. The lowest BCUT2D eigenvalue weighted by atomic mass is 9.80. The first-order valence-electron chi connectivity index (χ1n) is 10.4. The van der Waals surface area contributed by atoms with Gasteiger partial charge in [-0.15, -0.1) is 0 Å². The first-order chi connectivity index (χ1) is 14.7. The first kappa shape index (κ1) is 23.0. The molecule has 166 valence electrons. The van der Waals surface area contributed by atoms with Crippen molar-refractivity contribution in [2.24, 2.45) is 0 Å². The van der Waals surface area contributed by atoms with E-state index in [4.69, 9.17) is 0 Å². The van der Waals surface area contributed by atoms with Crippen molar-refractivity contribution in [2.45, 2.75) is 56.0 Å². The number of carbonyl (C=O) groups is 2. The molecule has 0 bridgehead atoms. The number of carbonyl (C=O) groups excluding carboxylic acids is 2. The number of sulfonamides is 1. The van der Waals surface area contributed by atoms with Crippen molar-refractivity contribution < 1.29 is 18.0 Å². The smallest absolute Gasteiger partial charge is 0.250 e. The Bertz CT molecular complexity index is 1010. The third kappa shape index (κ3) is 5.51. The molecular weight excluding hydrogens is 414 g/mol. The highest BCUT2D eigenvalue weighted by atomic mass is 32.2. The molecule has 31 heavy (non-hydrogen) atoms. The van der Waals surface area contributed by atoms with E-state index >= 15 is 0 Å². The van der Waals surface area contributed by atoms with Crippen molar-refractivity contribution in [3.63, 3.8) is 0 Å². The van der Waals surface area contributed by atoms with Gasteiger partial charge in [0.15, 0.2) is 0 Å². The van der Waals surface area contributed by atoms with E-state index in [1.807, 2.05) is 30.3 Å². The summed E-state index contributed by atoms with van der Waals surface area (Å²) in [7, 11) is -2.13. The number of nitrogens with zero attached hydrogens (tertiary/aromatic N) is 1. The topological polar surface area (TPSA) is 95.6 Å². The Kier molecular flexibility index (Phi) is 7.12. The highest BCUT2D eigenvalue weighted by molar-refractivity contribution is 7.89. The number of nitrogens with one attached hydrogen (secondary N) is 2. The summed E-state index contributed by atoms with van der Waals surface area (Å²) in [4.78, 5) is 24.8. The van der Waals surface area contributed by atoms with Crippen LogP contribution >= 0.6 is 0 Å². The van der Waals surface area contributed by atoms with Crippen LogP contribution in [-0.4, -0.2) is 37.1 Å². The van der Waals surface area contributed by atoms with E-state index in [-0.39, 0.29) is 23.3 Å². The maximum absolute atomic E-state index is 13.0. The fraction of sp³-hybridized carbons (Fsp3) is 0.391. The van der Waals surface area contributed by atoms with Gasteiger partial charge in [-0.1, -0.05) is 49.6 Å². The number of benzene rings is 2. The van der Waals surface area contributed by atoms with Crippen LogP contribution in [-0.2, 0) is 26.2 Å². The minimum absolute atomic E-state index is 0.151. The molecule has 2 aromatic rings. The molecule has 0 unspecified atom stereocenters. The molecule has 7 nitrogen and oxygen atoms in total. The SMILES string of the molecule is CC(=O)NC1(C(=O)Nc2ccc(S(=O)(=O)N(C)Cc3ccccc3)cc2)CCCCC1. The minimum Gasteiger partial charge on any atom is -0.342 e. The lowest BCUT2D eigenvalue weighted by Crippen LogP contribution is -2.57. The van der Waals surface area contributed by atoms with E-state index in [9.17, 15) is 18.0 Å². The summed E-state index contributed by atoms with van der Waals surface area (Å²) < 4.78 is 27.1. The van der Waals surface area contributed by atoms with Crippen molar-refractivity contribution >= 4 is 27.5 Å². The van der Waals surface area contributed by atoms with Gasteiger partial charge in [-0.05, 0) is 42.7 Å². The zero-order valence-corrected chi connectivity index (χ0v) is 18.7. The van der Waals surface area contributed by atoms with Crippen molar-refractivity contribution in [1.29, 1.82) is 0 Å². The van der Waals surface area contributed by atoms with Crippen LogP contribution in [0.5, 0.6) is 0 Å². The Labute approximate surface area is 183 Å². The van der Waals surface area contributed by atoms with E-state index in [1.165, 1.54) is 30.4 Å². The predicted octanol–water partition coefficient (Wildman–Crippen LogP) is 3.28. The molecule has 0 aliphatic heterocycles. The van der Waals surface area contributed by atoms with Crippen LogP contribution in [0.2, 0.25) is 0 Å². The molecule has 3 rings (SSSR count). The molecule has 1 saturated carbocycles. The van der Waals surface area contributed by atoms with Crippen molar-refractivity contribution in [2.75, 3.05) is 12.4 Å².